The van der Waals surface area contributed by atoms with Gasteiger partial charge in [-0.15, -0.1) is 0 Å². The number of esters is 1. The van der Waals surface area contributed by atoms with Crippen LogP contribution in [0.15, 0.2) is 36.4 Å². The average molecular weight is 493 g/mol. The van der Waals surface area contributed by atoms with E-state index in [1.165, 1.54) is 12.1 Å². The topological polar surface area (TPSA) is 92.8 Å². The largest absolute Gasteiger partial charge is 0.462 e. The van der Waals surface area contributed by atoms with E-state index in [0.29, 0.717) is 22.0 Å². The zero-order valence-electron chi connectivity index (χ0n) is 17.3. The maximum Gasteiger partial charge on any atom is 0.416 e. The van der Waals surface area contributed by atoms with E-state index in [2.05, 4.69) is 5.32 Å². The Morgan fingerprint density at radius 3 is 2.38 bits per heavy atom. The number of aryl methyl sites for hydroxylation is 1. The SMILES string of the molecule is CCOC(=O)c1ccc(C)c(NC(=O)CN(c2cc(C(F)(F)F)ccc2Cl)S(C)(=O)=O)c1. The van der Waals surface area contributed by atoms with Gasteiger partial charge in [0.15, 0.2) is 0 Å². The van der Waals surface area contributed by atoms with E-state index >= 15 is 0 Å². The van der Waals surface area contributed by atoms with Gasteiger partial charge < -0.3 is 10.1 Å². The molecule has 0 aliphatic rings. The molecule has 0 heterocycles. The van der Waals surface area contributed by atoms with Crippen LogP contribution in [-0.2, 0) is 25.7 Å². The van der Waals surface area contributed by atoms with Gasteiger partial charge in [0.05, 0.1) is 34.7 Å². The minimum Gasteiger partial charge on any atom is -0.462 e. The van der Waals surface area contributed by atoms with Gasteiger partial charge in [-0.1, -0.05) is 17.7 Å². The molecule has 0 radical (unpaired) electrons. The molecule has 1 amide bonds. The lowest BCUT2D eigenvalue weighted by Crippen LogP contribution is -2.38. The maximum atomic E-state index is 13.1. The molecule has 0 spiro atoms. The molecular formula is C20H20ClF3N2O5S. The number of anilines is 2. The van der Waals surface area contributed by atoms with Crippen LogP contribution in [0.2, 0.25) is 5.02 Å². The summed E-state index contributed by atoms with van der Waals surface area (Å²) in [6.07, 6.45) is -4.00. The predicted molar refractivity (Wildman–Crippen MR) is 114 cm³/mol. The van der Waals surface area contributed by atoms with Crippen LogP contribution >= 0.6 is 11.6 Å². The smallest absolute Gasteiger partial charge is 0.416 e. The first kappa shape index (κ1) is 25.5. The van der Waals surface area contributed by atoms with Crippen molar-refractivity contribution in [1.82, 2.24) is 0 Å². The highest BCUT2D eigenvalue weighted by Gasteiger charge is 2.33. The minimum absolute atomic E-state index is 0.148. The molecule has 2 aromatic carbocycles. The van der Waals surface area contributed by atoms with Crippen molar-refractivity contribution in [2.24, 2.45) is 0 Å². The van der Waals surface area contributed by atoms with E-state index < -0.39 is 45.9 Å². The average Bonchev–Trinajstić information content (AvgIpc) is 2.67. The van der Waals surface area contributed by atoms with Crippen LogP contribution in [0.25, 0.3) is 0 Å². The van der Waals surface area contributed by atoms with E-state index in [0.717, 1.165) is 12.3 Å². The molecule has 174 valence electrons. The Hall–Kier alpha value is -2.79. The highest BCUT2D eigenvalue weighted by atomic mass is 35.5. The molecule has 0 aliphatic heterocycles. The minimum atomic E-state index is -4.74. The van der Waals surface area contributed by atoms with Crippen molar-refractivity contribution in [2.75, 3.05) is 29.0 Å². The number of nitrogens with one attached hydrogen (secondary N) is 1. The van der Waals surface area contributed by atoms with Gasteiger partial charge in [-0.3, -0.25) is 9.10 Å². The molecule has 32 heavy (non-hydrogen) atoms. The van der Waals surface area contributed by atoms with Gasteiger partial charge in [0, 0.05) is 5.69 Å². The summed E-state index contributed by atoms with van der Waals surface area (Å²) in [6, 6.07) is 6.57. The molecule has 0 saturated heterocycles. The number of halogens is 4. The van der Waals surface area contributed by atoms with Gasteiger partial charge in [0.1, 0.15) is 6.54 Å². The van der Waals surface area contributed by atoms with Crippen LogP contribution in [-0.4, -0.2) is 39.7 Å². The van der Waals surface area contributed by atoms with Crippen molar-refractivity contribution < 1.29 is 35.9 Å². The Labute approximate surface area is 188 Å². The van der Waals surface area contributed by atoms with E-state index in [9.17, 15) is 31.2 Å². The van der Waals surface area contributed by atoms with Gasteiger partial charge in [0.25, 0.3) is 0 Å². The van der Waals surface area contributed by atoms with Crippen molar-refractivity contribution >= 4 is 44.9 Å². The lowest BCUT2D eigenvalue weighted by molar-refractivity contribution is -0.137. The normalized spacial score (nSPS) is 11.7. The second-order valence-electron chi connectivity index (χ2n) is 6.73. The van der Waals surface area contributed by atoms with Gasteiger partial charge in [0.2, 0.25) is 15.9 Å². The van der Waals surface area contributed by atoms with Crippen molar-refractivity contribution in [3.05, 3.63) is 58.1 Å². The molecule has 0 bridgehead atoms. The molecule has 2 rings (SSSR count). The number of hydrogen-bond donors (Lipinski definition) is 1. The third kappa shape index (κ3) is 6.36. The van der Waals surface area contributed by atoms with Gasteiger partial charge >= 0.3 is 12.1 Å². The first-order valence-corrected chi connectivity index (χ1v) is 11.4. The Kier molecular flexibility index (Phi) is 7.79. The Bertz CT molecular complexity index is 1140. The number of ether oxygens (including phenoxy) is 1. The van der Waals surface area contributed by atoms with E-state index in [1.54, 1.807) is 19.9 Å². The summed E-state index contributed by atoms with van der Waals surface area (Å²) < 4.78 is 69.1. The molecule has 0 aliphatic carbocycles. The maximum absolute atomic E-state index is 13.1. The van der Waals surface area contributed by atoms with E-state index in [4.69, 9.17) is 16.3 Å². The molecular weight excluding hydrogens is 473 g/mol. The number of rotatable bonds is 7. The lowest BCUT2D eigenvalue weighted by Gasteiger charge is -2.24. The molecule has 7 nitrogen and oxygen atoms in total. The van der Waals surface area contributed by atoms with Gasteiger partial charge in [-0.2, -0.15) is 13.2 Å². The van der Waals surface area contributed by atoms with Crippen LogP contribution in [0, 0.1) is 6.92 Å². The summed E-state index contributed by atoms with van der Waals surface area (Å²) in [4.78, 5) is 24.5. The number of carbonyl (C=O) groups is 2. The number of sulfonamides is 1. The summed E-state index contributed by atoms with van der Waals surface area (Å²) in [5, 5.41) is 2.19. The first-order chi connectivity index (χ1) is 14.7. The molecule has 0 atom stereocenters. The standard InChI is InChI=1S/C20H20ClF3N2O5S/c1-4-31-19(28)13-6-5-12(2)16(9-13)25-18(27)11-26(32(3,29)30)17-10-14(20(22,23)24)7-8-15(17)21/h5-10H,4,11H2,1-3H3,(H,25,27). The van der Waals surface area contributed by atoms with Crippen molar-refractivity contribution in [2.45, 2.75) is 20.0 Å². The number of carbonyl (C=O) groups excluding carboxylic acids is 2. The van der Waals surface area contributed by atoms with Crippen molar-refractivity contribution in [1.29, 1.82) is 0 Å². The van der Waals surface area contributed by atoms with Crippen LogP contribution in [0.5, 0.6) is 0 Å². The number of nitrogens with zero attached hydrogens (tertiary/aromatic N) is 1. The second-order valence-corrected chi connectivity index (χ2v) is 9.05. The summed E-state index contributed by atoms with van der Waals surface area (Å²) in [5.41, 5.74) is -0.674. The number of amides is 1. The fourth-order valence-electron chi connectivity index (χ4n) is 2.68. The molecule has 1 N–H and O–H groups in total. The number of hydrogen-bond acceptors (Lipinski definition) is 5. The van der Waals surface area contributed by atoms with Gasteiger partial charge in [-0.05, 0) is 49.7 Å². The first-order valence-electron chi connectivity index (χ1n) is 9.16. The molecule has 0 fully saturated rings. The molecule has 0 saturated carbocycles. The third-order valence-corrected chi connectivity index (χ3v) is 5.70. The van der Waals surface area contributed by atoms with Crippen LogP contribution in [0.1, 0.15) is 28.4 Å². The van der Waals surface area contributed by atoms with Crippen LogP contribution < -0.4 is 9.62 Å². The Balaban J connectivity index is 2.36. The summed E-state index contributed by atoms with van der Waals surface area (Å²) in [5.74, 6) is -1.47. The Morgan fingerprint density at radius 2 is 1.81 bits per heavy atom. The lowest BCUT2D eigenvalue weighted by atomic mass is 10.1. The second kappa shape index (κ2) is 9.78. The monoisotopic (exact) mass is 492 g/mol. The predicted octanol–water partition coefficient (Wildman–Crippen LogP) is 4.25. The summed E-state index contributed by atoms with van der Waals surface area (Å²) in [7, 11) is -4.18. The van der Waals surface area contributed by atoms with E-state index in [1.807, 2.05) is 0 Å². The highest BCUT2D eigenvalue weighted by Crippen LogP contribution is 2.36. The quantitative estimate of drug-likeness (QED) is 0.583. The number of alkyl halides is 3. The van der Waals surface area contributed by atoms with Crippen LogP contribution in [0.4, 0.5) is 24.5 Å². The van der Waals surface area contributed by atoms with Crippen molar-refractivity contribution in [3.63, 3.8) is 0 Å². The highest BCUT2D eigenvalue weighted by molar-refractivity contribution is 7.92. The summed E-state index contributed by atoms with van der Waals surface area (Å²) in [6.45, 7) is 2.58. The molecule has 2 aromatic rings. The fraction of sp³-hybridized carbons (Fsp3) is 0.300. The Morgan fingerprint density at radius 1 is 1.16 bits per heavy atom. The zero-order valence-corrected chi connectivity index (χ0v) is 18.9. The van der Waals surface area contributed by atoms with Crippen molar-refractivity contribution in [3.8, 4) is 0 Å². The molecule has 0 aromatic heterocycles. The van der Waals surface area contributed by atoms with Gasteiger partial charge in [-0.25, -0.2) is 13.2 Å². The van der Waals surface area contributed by atoms with Crippen LogP contribution in [0.3, 0.4) is 0 Å². The summed E-state index contributed by atoms with van der Waals surface area (Å²) >= 11 is 5.94. The molecule has 12 heteroatoms. The third-order valence-electron chi connectivity index (χ3n) is 4.25. The number of benzene rings is 2. The fourth-order valence-corrected chi connectivity index (χ4v) is 3.81. The van der Waals surface area contributed by atoms with E-state index in [-0.39, 0.29) is 22.9 Å². The molecule has 0 unspecified atom stereocenters. The zero-order chi connectivity index (χ0) is 24.3.